The van der Waals surface area contributed by atoms with Crippen LogP contribution in [0.1, 0.15) is 32.6 Å². The van der Waals surface area contributed by atoms with E-state index in [1.54, 1.807) is 7.11 Å². The zero-order chi connectivity index (χ0) is 13.7. The predicted molar refractivity (Wildman–Crippen MR) is 75.1 cm³/mol. The van der Waals surface area contributed by atoms with E-state index in [1.807, 2.05) is 0 Å². The summed E-state index contributed by atoms with van der Waals surface area (Å²) in [5.41, 5.74) is 0. The number of methoxy groups -OCH3 is 1. The fourth-order valence-corrected chi connectivity index (χ4v) is 3.36. The summed E-state index contributed by atoms with van der Waals surface area (Å²) in [6.45, 7) is 4.79. The van der Waals surface area contributed by atoms with Crippen LogP contribution >= 0.6 is 0 Å². The first-order valence-electron chi connectivity index (χ1n) is 7.48. The maximum atomic E-state index is 11.9. The number of carbonyl (C=O) groups excluding carboxylic acids is 1. The van der Waals surface area contributed by atoms with E-state index < -0.39 is 0 Å². The van der Waals surface area contributed by atoms with Gasteiger partial charge in [0.2, 0.25) is 5.91 Å². The van der Waals surface area contributed by atoms with Crippen LogP contribution in [0.5, 0.6) is 0 Å². The second kappa shape index (κ2) is 7.22. The Hall–Kier alpha value is -0.650. The predicted octanol–water partition coefficient (Wildman–Crippen LogP) is 0.354. The number of hydrogen-bond donors (Lipinski definition) is 2. The Morgan fingerprint density at radius 3 is 2.63 bits per heavy atom. The Kier molecular flexibility index (Phi) is 5.60. The molecule has 0 saturated carbocycles. The van der Waals surface area contributed by atoms with Gasteiger partial charge in [-0.2, -0.15) is 0 Å². The summed E-state index contributed by atoms with van der Waals surface area (Å²) in [7, 11) is 1.65. The fraction of sp³-hybridized carbons (Fsp3) is 0.929. The number of rotatable bonds is 7. The third kappa shape index (κ3) is 4.16. The first kappa shape index (κ1) is 14.8. The fourth-order valence-electron chi connectivity index (χ4n) is 3.36. The first-order valence-corrected chi connectivity index (χ1v) is 7.48. The molecule has 0 aromatic heterocycles. The van der Waals surface area contributed by atoms with Gasteiger partial charge in [0.15, 0.2) is 0 Å². The molecule has 2 bridgehead atoms. The monoisotopic (exact) mass is 269 g/mol. The van der Waals surface area contributed by atoms with Gasteiger partial charge in [0.05, 0.1) is 13.2 Å². The topological polar surface area (TPSA) is 53.6 Å². The Morgan fingerprint density at radius 1 is 1.37 bits per heavy atom. The minimum Gasteiger partial charge on any atom is -0.383 e. The summed E-state index contributed by atoms with van der Waals surface area (Å²) < 4.78 is 4.94. The normalized spacial score (nSPS) is 29.7. The number of nitrogens with zero attached hydrogens (tertiary/aromatic N) is 1. The largest absolute Gasteiger partial charge is 0.383 e. The lowest BCUT2D eigenvalue weighted by Gasteiger charge is -2.36. The van der Waals surface area contributed by atoms with Gasteiger partial charge in [-0.25, -0.2) is 0 Å². The molecular weight excluding hydrogens is 242 g/mol. The van der Waals surface area contributed by atoms with E-state index in [1.165, 1.54) is 25.7 Å². The summed E-state index contributed by atoms with van der Waals surface area (Å²) in [6.07, 6.45) is 4.99. The number of amides is 1. The summed E-state index contributed by atoms with van der Waals surface area (Å²) in [6, 6.07) is 1.92. The van der Waals surface area contributed by atoms with Crippen LogP contribution in [0.3, 0.4) is 0 Å². The number of likely N-dealkylation sites (N-methyl/N-ethyl adjacent to an activating group) is 1. The molecule has 0 radical (unpaired) electrons. The maximum absolute atomic E-state index is 11.9. The van der Waals surface area contributed by atoms with Crippen molar-refractivity contribution >= 4 is 5.91 Å². The molecular formula is C14H27N3O2. The van der Waals surface area contributed by atoms with E-state index in [4.69, 9.17) is 4.74 Å². The molecule has 2 aliphatic heterocycles. The van der Waals surface area contributed by atoms with Gasteiger partial charge in [0.25, 0.3) is 0 Å². The van der Waals surface area contributed by atoms with Gasteiger partial charge in [-0.15, -0.1) is 0 Å². The number of piperidine rings is 1. The van der Waals surface area contributed by atoms with Gasteiger partial charge in [0.1, 0.15) is 0 Å². The van der Waals surface area contributed by atoms with Crippen molar-refractivity contribution in [3.63, 3.8) is 0 Å². The zero-order valence-electron chi connectivity index (χ0n) is 12.2. The van der Waals surface area contributed by atoms with Crippen LogP contribution in [-0.4, -0.2) is 62.3 Å². The van der Waals surface area contributed by atoms with Crippen molar-refractivity contribution in [2.75, 3.05) is 33.4 Å². The Bertz CT molecular complexity index is 286. The van der Waals surface area contributed by atoms with Gasteiger partial charge in [-0.3, -0.25) is 9.69 Å². The van der Waals surface area contributed by atoms with Crippen LogP contribution in [-0.2, 0) is 9.53 Å². The van der Waals surface area contributed by atoms with Crippen molar-refractivity contribution in [1.29, 1.82) is 0 Å². The van der Waals surface area contributed by atoms with Crippen molar-refractivity contribution < 1.29 is 9.53 Å². The molecule has 110 valence electrons. The van der Waals surface area contributed by atoms with Crippen LogP contribution < -0.4 is 10.6 Å². The molecule has 2 atom stereocenters. The number of fused-ring (bicyclic) bond motifs is 2. The van der Waals surface area contributed by atoms with E-state index in [0.717, 1.165) is 6.54 Å². The highest BCUT2D eigenvalue weighted by atomic mass is 16.5. The number of ether oxygens (including phenoxy) is 1. The molecule has 5 heteroatoms. The lowest BCUT2D eigenvalue weighted by atomic mass is 9.98. The number of hydrogen-bond acceptors (Lipinski definition) is 4. The van der Waals surface area contributed by atoms with Crippen LogP contribution in [0, 0.1) is 0 Å². The Morgan fingerprint density at radius 2 is 2.05 bits per heavy atom. The van der Waals surface area contributed by atoms with Crippen molar-refractivity contribution in [1.82, 2.24) is 15.5 Å². The molecule has 2 saturated heterocycles. The second-order valence-corrected chi connectivity index (χ2v) is 5.67. The molecule has 2 aliphatic rings. The van der Waals surface area contributed by atoms with Gasteiger partial charge >= 0.3 is 0 Å². The van der Waals surface area contributed by atoms with Crippen molar-refractivity contribution in [3.05, 3.63) is 0 Å². The third-order valence-corrected chi connectivity index (χ3v) is 4.35. The summed E-state index contributed by atoms with van der Waals surface area (Å²) in [5, 5.41) is 6.55. The van der Waals surface area contributed by atoms with Gasteiger partial charge in [0, 0.05) is 31.8 Å². The molecule has 5 nitrogen and oxygen atoms in total. The Labute approximate surface area is 116 Å². The van der Waals surface area contributed by atoms with Gasteiger partial charge < -0.3 is 15.4 Å². The molecule has 2 N–H and O–H groups in total. The van der Waals surface area contributed by atoms with Crippen LogP contribution in [0.4, 0.5) is 0 Å². The Balaban J connectivity index is 1.77. The third-order valence-electron chi connectivity index (χ3n) is 4.35. The second-order valence-electron chi connectivity index (χ2n) is 5.67. The molecule has 0 aliphatic carbocycles. The van der Waals surface area contributed by atoms with Crippen molar-refractivity contribution in [3.8, 4) is 0 Å². The number of nitrogens with one attached hydrogen (secondary N) is 2. The van der Waals surface area contributed by atoms with E-state index in [-0.39, 0.29) is 5.91 Å². The lowest BCUT2D eigenvalue weighted by molar-refractivity contribution is -0.123. The highest BCUT2D eigenvalue weighted by Crippen LogP contribution is 2.29. The van der Waals surface area contributed by atoms with E-state index in [0.29, 0.717) is 37.8 Å². The number of carbonyl (C=O) groups is 1. The molecule has 2 fully saturated rings. The highest BCUT2D eigenvalue weighted by molar-refractivity contribution is 5.78. The van der Waals surface area contributed by atoms with Crippen molar-refractivity contribution in [2.24, 2.45) is 0 Å². The molecule has 1 amide bonds. The highest BCUT2D eigenvalue weighted by Gasteiger charge is 2.35. The average Bonchev–Trinajstić information content (AvgIpc) is 2.75. The summed E-state index contributed by atoms with van der Waals surface area (Å²) in [5.74, 6) is 0.116. The first-order chi connectivity index (χ1) is 9.22. The summed E-state index contributed by atoms with van der Waals surface area (Å²) in [4.78, 5) is 14.2. The van der Waals surface area contributed by atoms with Gasteiger partial charge in [-0.1, -0.05) is 6.92 Å². The molecule has 2 heterocycles. The quantitative estimate of drug-likeness (QED) is 0.655. The van der Waals surface area contributed by atoms with Crippen molar-refractivity contribution in [2.45, 2.75) is 50.7 Å². The molecule has 0 aromatic carbocycles. The molecule has 0 spiro atoms. The molecule has 19 heavy (non-hydrogen) atoms. The maximum Gasteiger partial charge on any atom is 0.234 e. The standard InChI is InChI=1S/C14H27N3O2/c1-3-17(10-14(18)15-6-7-19-2)13-8-11-4-5-12(9-13)16-11/h11-13,16H,3-10H2,1-2H3,(H,15,18). The zero-order valence-corrected chi connectivity index (χ0v) is 12.2. The minimum absolute atomic E-state index is 0.116. The van der Waals surface area contributed by atoms with E-state index >= 15 is 0 Å². The average molecular weight is 269 g/mol. The van der Waals surface area contributed by atoms with Crippen LogP contribution in [0.15, 0.2) is 0 Å². The molecule has 2 unspecified atom stereocenters. The van der Waals surface area contributed by atoms with Gasteiger partial charge in [-0.05, 0) is 32.2 Å². The molecule has 2 rings (SSSR count). The lowest BCUT2D eigenvalue weighted by Crippen LogP contribution is -2.50. The smallest absolute Gasteiger partial charge is 0.234 e. The SMILES string of the molecule is CCN(CC(=O)NCCOC)C1CC2CCC(C1)N2. The van der Waals surface area contributed by atoms with E-state index in [9.17, 15) is 4.79 Å². The van der Waals surface area contributed by atoms with E-state index in [2.05, 4.69) is 22.5 Å². The van der Waals surface area contributed by atoms with Crippen LogP contribution in [0.2, 0.25) is 0 Å². The van der Waals surface area contributed by atoms with Crippen LogP contribution in [0.25, 0.3) is 0 Å². The summed E-state index contributed by atoms with van der Waals surface area (Å²) >= 11 is 0. The molecule has 0 aromatic rings. The minimum atomic E-state index is 0.116.